The Bertz CT molecular complexity index is 1000. The van der Waals surface area contributed by atoms with E-state index >= 15 is 0 Å². The molecule has 0 bridgehead atoms. The summed E-state index contributed by atoms with van der Waals surface area (Å²) < 4.78 is 7.22. The van der Waals surface area contributed by atoms with Crippen LogP contribution in [0.15, 0.2) is 28.9 Å². The van der Waals surface area contributed by atoms with Crippen molar-refractivity contribution in [3.8, 4) is 11.3 Å². The van der Waals surface area contributed by atoms with Crippen molar-refractivity contribution in [1.82, 2.24) is 24.7 Å². The molecule has 0 atom stereocenters. The van der Waals surface area contributed by atoms with Crippen LogP contribution in [0.5, 0.6) is 0 Å². The van der Waals surface area contributed by atoms with Crippen molar-refractivity contribution < 1.29 is 4.42 Å². The molecule has 0 aliphatic carbocycles. The predicted octanol–water partition coefficient (Wildman–Crippen LogP) is 2.82. The van der Waals surface area contributed by atoms with Crippen LogP contribution in [0, 0.1) is 0 Å². The number of nitrogens with two attached hydrogens (primary N) is 1. The van der Waals surface area contributed by atoms with Crippen LogP contribution in [0.4, 0.5) is 11.8 Å². The Labute approximate surface area is 138 Å². The van der Waals surface area contributed by atoms with E-state index in [-0.39, 0.29) is 0 Å². The van der Waals surface area contributed by atoms with Crippen LogP contribution in [0.1, 0.15) is 13.8 Å². The number of anilines is 2. The fourth-order valence-electron chi connectivity index (χ4n) is 2.49. The zero-order chi connectivity index (χ0) is 17.3. The van der Waals surface area contributed by atoms with Crippen LogP contribution in [0.25, 0.3) is 33.4 Å². The number of nitrogens with zero attached hydrogens (tertiary/aromatic N) is 5. The van der Waals surface area contributed by atoms with Crippen LogP contribution < -0.4 is 11.1 Å². The zero-order valence-corrected chi connectivity index (χ0v) is 14.0. The number of nitrogens with one attached hydrogen (secondary N) is 1. The van der Waals surface area contributed by atoms with Gasteiger partial charge in [-0.2, -0.15) is 10.1 Å². The van der Waals surface area contributed by atoms with E-state index in [0.717, 1.165) is 22.2 Å². The van der Waals surface area contributed by atoms with Gasteiger partial charge in [-0.3, -0.25) is 0 Å². The minimum atomic E-state index is 0.407. The smallest absolute Gasteiger partial charge is 0.295 e. The Hall–Kier alpha value is -3.16. The fraction of sp³-hybridized carbons (Fsp3) is 0.250. The minimum Gasteiger partial charge on any atom is -0.424 e. The molecule has 8 heteroatoms. The molecule has 3 heterocycles. The van der Waals surface area contributed by atoms with Crippen molar-refractivity contribution in [3.63, 3.8) is 0 Å². The van der Waals surface area contributed by atoms with Crippen molar-refractivity contribution in [2.24, 2.45) is 7.05 Å². The fourth-order valence-corrected chi connectivity index (χ4v) is 2.49. The first kappa shape index (κ1) is 15.7. The second-order valence-electron chi connectivity index (χ2n) is 4.88. The quantitative estimate of drug-likeness (QED) is 0.583. The molecule has 0 aliphatic heterocycles. The van der Waals surface area contributed by atoms with Crippen LogP contribution in [-0.2, 0) is 7.05 Å². The normalized spacial score (nSPS) is 10.7. The van der Waals surface area contributed by atoms with E-state index in [1.165, 1.54) is 6.33 Å². The molecular formula is C16H19N7O. The van der Waals surface area contributed by atoms with Crippen molar-refractivity contribution in [2.75, 3.05) is 18.1 Å². The van der Waals surface area contributed by atoms with Gasteiger partial charge in [-0.1, -0.05) is 13.8 Å². The molecule has 0 radical (unpaired) electrons. The number of fused-ring (bicyclic) bond motifs is 2. The van der Waals surface area contributed by atoms with Gasteiger partial charge in [0.05, 0.1) is 5.39 Å². The van der Waals surface area contributed by atoms with Crippen LogP contribution in [0.3, 0.4) is 0 Å². The lowest BCUT2D eigenvalue weighted by Gasteiger charge is -1.99. The Kier molecular flexibility index (Phi) is 4.03. The van der Waals surface area contributed by atoms with Gasteiger partial charge in [0.1, 0.15) is 23.4 Å². The third-order valence-electron chi connectivity index (χ3n) is 3.52. The van der Waals surface area contributed by atoms with E-state index in [0.29, 0.717) is 23.1 Å². The maximum absolute atomic E-state index is 6.00. The molecule has 4 aromatic rings. The Morgan fingerprint density at radius 2 is 2.00 bits per heavy atom. The van der Waals surface area contributed by atoms with Gasteiger partial charge < -0.3 is 15.5 Å². The molecule has 3 aromatic heterocycles. The van der Waals surface area contributed by atoms with E-state index < -0.39 is 0 Å². The first-order valence-electron chi connectivity index (χ1n) is 7.69. The number of aryl methyl sites for hydroxylation is 1. The number of nitrogen functional groups attached to an aromatic ring is 1. The van der Waals surface area contributed by atoms with E-state index in [4.69, 9.17) is 10.2 Å². The molecule has 0 spiro atoms. The second kappa shape index (κ2) is 6.15. The highest BCUT2D eigenvalue weighted by atomic mass is 16.4. The number of rotatable bonds is 2. The van der Waals surface area contributed by atoms with E-state index in [2.05, 4.69) is 25.4 Å². The number of hydrogen-bond acceptors (Lipinski definition) is 7. The number of aromatic nitrogens is 5. The highest BCUT2D eigenvalue weighted by Crippen LogP contribution is 2.31. The lowest BCUT2D eigenvalue weighted by atomic mass is 10.1. The zero-order valence-electron chi connectivity index (χ0n) is 14.0. The number of oxazole rings is 1. The Morgan fingerprint density at radius 1 is 1.21 bits per heavy atom. The summed E-state index contributed by atoms with van der Waals surface area (Å²) in [6, 6.07) is 6.16. The summed E-state index contributed by atoms with van der Waals surface area (Å²) in [5.41, 5.74) is 9.76. The van der Waals surface area contributed by atoms with Gasteiger partial charge in [0, 0.05) is 19.7 Å². The van der Waals surface area contributed by atoms with Gasteiger partial charge in [0.25, 0.3) is 6.01 Å². The highest BCUT2D eigenvalue weighted by molar-refractivity contribution is 5.99. The SMILES string of the molecule is CC.CNc1nc2cc(-c3nn(C)c4ncnc(N)c34)ccc2o1. The summed E-state index contributed by atoms with van der Waals surface area (Å²) in [6.07, 6.45) is 1.43. The summed E-state index contributed by atoms with van der Waals surface area (Å²) in [5, 5.41) is 8.13. The van der Waals surface area contributed by atoms with E-state index in [1.807, 2.05) is 39.1 Å². The highest BCUT2D eigenvalue weighted by Gasteiger charge is 2.16. The lowest BCUT2D eigenvalue weighted by molar-refractivity contribution is 0.620. The molecule has 8 nitrogen and oxygen atoms in total. The average molecular weight is 325 g/mol. The molecule has 0 saturated carbocycles. The Morgan fingerprint density at radius 3 is 2.75 bits per heavy atom. The summed E-state index contributed by atoms with van der Waals surface area (Å²) in [6.45, 7) is 4.00. The molecule has 0 unspecified atom stereocenters. The Balaban J connectivity index is 0.000000815. The molecule has 24 heavy (non-hydrogen) atoms. The topological polar surface area (TPSA) is 108 Å². The maximum Gasteiger partial charge on any atom is 0.295 e. The number of benzene rings is 1. The van der Waals surface area contributed by atoms with Gasteiger partial charge >= 0.3 is 0 Å². The van der Waals surface area contributed by atoms with Crippen molar-refractivity contribution in [1.29, 1.82) is 0 Å². The minimum absolute atomic E-state index is 0.407. The van der Waals surface area contributed by atoms with Gasteiger partial charge in [0.15, 0.2) is 11.2 Å². The van der Waals surface area contributed by atoms with Gasteiger partial charge in [0.2, 0.25) is 0 Å². The molecule has 124 valence electrons. The van der Waals surface area contributed by atoms with Crippen molar-refractivity contribution in [3.05, 3.63) is 24.5 Å². The summed E-state index contributed by atoms with van der Waals surface area (Å²) >= 11 is 0. The van der Waals surface area contributed by atoms with E-state index in [1.54, 1.807) is 11.7 Å². The molecule has 3 N–H and O–H groups in total. The van der Waals surface area contributed by atoms with Gasteiger partial charge in [-0.25, -0.2) is 14.6 Å². The first-order chi connectivity index (χ1) is 11.7. The average Bonchev–Trinajstić information content (AvgIpc) is 3.18. The lowest BCUT2D eigenvalue weighted by Crippen LogP contribution is -1.95. The molecule has 0 saturated heterocycles. The predicted molar refractivity (Wildman–Crippen MR) is 94.6 cm³/mol. The molecular weight excluding hydrogens is 306 g/mol. The molecule has 1 aromatic carbocycles. The number of hydrogen-bond donors (Lipinski definition) is 2. The van der Waals surface area contributed by atoms with Crippen molar-refractivity contribution in [2.45, 2.75) is 13.8 Å². The van der Waals surface area contributed by atoms with Crippen molar-refractivity contribution >= 4 is 34.0 Å². The van der Waals surface area contributed by atoms with E-state index in [9.17, 15) is 0 Å². The summed E-state index contributed by atoms with van der Waals surface area (Å²) in [7, 11) is 3.59. The molecule has 0 amide bonds. The van der Waals surface area contributed by atoms with Crippen LogP contribution >= 0.6 is 0 Å². The third kappa shape index (κ3) is 2.41. The largest absolute Gasteiger partial charge is 0.424 e. The maximum atomic E-state index is 6.00. The molecule has 4 rings (SSSR count). The van der Waals surface area contributed by atoms with Crippen LogP contribution in [-0.4, -0.2) is 31.8 Å². The monoisotopic (exact) mass is 325 g/mol. The molecule has 0 aliphatic rings. The second-order valence-corrected chi connectivity index (χ2v) is 4.88. The van der Waals surface area contributed by atoms with Gasteiger partial charge in [-0.15, -0.1) is 0 Å². The summed E-state index contributed by atoms with van der Waals surface area (Å²) in [5.74, 6) is 0.407. The first-order valence-corrected chi connectivity index (χ1v) is 7.69. The standard InChI is InChI=1S/C14H13N7O.C2H6/c1-16-14-19-8-5-7(3-4-9(8)22-14)11-10-12(15)17-6-18-13(10)21(2)20-11;1-2/h3-6H,1-2H3,(H,16,19)(H2,15,17,18);1-2H3. The third-order valence-corrected chi connectivity index (χ3v) is 3.52. The van der Waals surface area contributed by atoms with Crippen LogP contribution in [0.2, 0.25) is 0 Å². The van der Waals surface area contributed by atoms with Gasteiger partial charge in [-0.05, 0) is 18.2 Å². The molecule has 0 fully saturated rings. The summed E-state index contributed by atoms with van der Waals surface area (Å²) in [4.78, 5) is 12.6.